The lowest BCUT2D eigenvalue weighted by Crippen LogP contribution is -1.93. The smallest absolute Gasteiger partial charge is 0.221 e. The molecule has 3 nitrogen and oxygen atoms in total. The molecule has 1 aromatic heterocycles. The molecule has 1 aromatic carbocycles. The molecule has 2 aromatic rings. The number of hydrogen-bond acceptors (Lipinski definition) is 3. The van der Waals surface area contributed by atoms with Gasteiger partial charge in [-0.3, -0.25) is 0 Å². The Morgan fingerprint density at radius 1 is 1.25 bits per heavy atom. The van der Waals surface area contributed by atoms with Crippen molar-refractivity contribution in [1.82, 2.24) is 4.98 Å². The van der Waals surface area contributed by atoms with Gasteiger partial charge in [-0.25, -0.2) is 0 Å². The maximum atomic E-state index is 5.98. The van der Waals surface area contributed by atoms with E-state index in [1.165, 1.54) is 0 Å². The lowest BCUT2D eigenvalue weighted by atomic mass is 10.3. The number of rotatable bonds is 2. The Kier molecular flexibility index (Phi) is 3.31. The molecule has 16 heavy (non-hydrogen) atoms. The van der Waals surface area contributed by atoms with E-state index in [0.29, 0.717) is 22.5 Å². The number of anilines is 1. The molecule has 0 aliphatic heterocycles. The minimum absolute atomic E-state index is 0.406. The maximum absolute atomic E-state index is 5.98. The van der Waals surface area contributed by atoms with Crippen molar-refractivity contribution in [2.24, 2.45) is 0 Å². The number of hydrogen-bond donors (Lipinski definition) is 1. The summed E-state index contributed by atoms with van der Waals surface area (Å²) in [5, 5.41) is 0.521. The first-order valence-electron chi connectivity index (χ1n) is 4.50. The van der Waals surface area contributed by atoms with Crippen LogP contribution in [0.3, 0.4) is 0 Å². The molecule has 0 unspecified atom stereocenters. The number of halogens is 2. The van der Waals surface area contributed by atoms with Gasteiger partial charge in [0.05, 0.1) is 5.02 Å². The van der Waals surface area contributed by atoms with Gasteiger partial charge in [0, 0.05) is 10.5 Å². The van der Waals surface area contributed by atoms with Crippen LogP contribution in [0, 0.1) is 0 Å². The number of nitrogens with zero attached hydrogens (tertiary/aromatic N) is 1. The zero-order valence-electron chi connectivity index (χ0n) is 8.15. The molecule has 2 N–H and O–H groups in total. The molecule has 0 aliphatic rings. The minimum atomic E-state index is 0.406. The number of nitrogens with two attached hydrogens (primary N) is 1. The van der Waals surface area contributed by atoms with Gasteiger partial charge in [-0.15, -0.1) is 0 Å². The highest BCUT2D eigenvalue weighted by Crippen LogP contribution is 2.31. The third kappa shape index (κ3) is 2.65. The summed E-state index contributed by atoms with van der Waals surface area (Å²) in [6, 6.07) is 10.5. The van der Waals surface area contributed by atoms with E-state index in [1.54, 1.807) is 30.3 Å². The second-order valence-electron chi connectivity index (χ2n) is 3.08. The Morgan fingerprint density at radius 3 is 2.81 bits per heavy atom. The van der Waals surface area contributed by atoms with Gasteiger partial charge >= 0.3 is 0 Å². The fourth-order valence-corrected chi connectivity index (χ4v) is 1.65. The largest absolute Gasteiger partial charge is 0.437 e. The summed E-state index contributed by atoms with van der Waals surface area (Å²) in [6.45, 7) is 0. The normalized spacial score (nSPS) is 10.1. The van der Waals surface area contributed by atoms with E-state index < -0.39 is 0 Å². The van der Waals surface area contributed by atoms with Crippen molar-refractivity contribution in [2.75, 3.05) is 5.73 Å². The van der Waals surface area contributed by atoms with Crippen molar-refractivity contribution < 1.29 is 4.74 Å². The van der Waals surface area contributed by atoms with Crippen LogP contribution in [0.25, 0.3) is 0 Å². The van der Waals surface area contributed by atoms with Crippen LogP contribution in [0.2, 0.25) is 5.02 Å². The van der Waals surface area contributed by atoms with Crippen molar-refractivity contribution in [1.29, 1.82) is 0 Å². The van der Waals surface area contributed by atoms with Crippen molar-refractivity contribution in [3.8, 4) is 11.6 Å². The van der Waals surface area contributed by atoms with E-state index in [0.717, 1.165) is 4.47 Å². The third-order valence-electron chi connectivity index (χ3n) is 1.85. The zero-order valence-corrected chi connectivity index (χ0v) is 10.5. The van der Waals surface area contributed by atoms with Crippen LogP contribution in [-0.2, 0) is 0 Å². The fraction of sp³-hybridized carbons (Fsp3) is 0. The minimum Gasteiger partial charge on any atom is -0.437 e. The highest BCUT2D eigenvalue weighted by Gasteiger charge is 2.04. The molecule has 82 valence electrons. The number of aromatic nitrogens is 1. The Hall–Kier alpha value is -1.26. The van der Waals surface area contributed by atoms with Crippen LogP contribution >= 0.6 is 27.5 Å². The van der Waals surface area contributed by atoms with E-state index >= 15 is 0 Å². The molecule has 0 aliphatic carbocycles. The van der Waals surface area contributed by atoms with Crippen LogP contribution in [0.4, 0.5) is 5.82 Å². The molecule has 0 atom stereocenters. The lowest BCUT2D eigenvalue weighted by molar-refractivity contribution is 0.464. The zero-order chi connectivity index (χ0) is 11.5. The summed E-state index contributed by atoms with van der Waals surface area (Å²) in [7, 11) is 0. The summed E-state index contributed by atoms with van der Waals surface area (Å²) in [6.07, 6.45) is 0. The second-order valence-corrected chi connectivity index (χ2v) is 4.40. The van der Waals surface area contributed by atoms with E-state index in [9.17, 15) is 0 Å². The molecule has 0 spiro atoms. The predicted molar refractivity (Wildman–Crippen MR) is 67.9 cm³/mol. The van der Waals surface area contributed by atoms with Crippen molar-refractivity contribution in [3.05, 3.63) is 45.9 Å². The highest BCUT2D eigenvalue weighted by molar-refractivity contribution is 9.10. The molecular weight excluding hydrogens is 291 g/mol. The van der Waals surface area contributed by atoms with Gasteiger partial charge in [0.15, 0.2) is 0 Å². The van der Waals surface area contributed by atoms with Gasteiger partial charge in [0.2, 0.25) is 5.88 Å². The van der Waals surface area contributed by atoms with E-state index in [1.807, 2.05) is 6.07 Å². The maximum Gasteiger partial charge on any atom is 0.221 e. The average molecular weight is 300 g/mol. The molecule has 0 saturated carbocycles. The molecule has 1 heterocycles. The van der Waals surface area contributed by atoms with Gasteiger partial charge in [0.1, 0.15) is 11.6 Å². The molecule has 0 bridgehead atoms. The van der Waals surface area contributed by atoms with E-state index in [4.69, 9.17) is 22.1 Å². The van der Waals surface area contributed by atoms with Crippen LogP contribution in [0.5, 0.6) is 11.6 Å². The summed E-state index contributed by atoms with van der Waals surface area (Å²) >= 11 is 9.32. The van der Waals surface area contributed by atoms with Gasteiger partial charge < -0.3 is 10.5 Å². The first kappa shape index (κ1) is 11.2. The number of pyridine rings is 1. The quantitative estimate of drug-likeness (QED) is 0.915. The molecule has 0 amide bonds. The topological polar surface area (TPSA) is 48.1 Å². The molecular formula is C11H8BrClN2O. The molecule has 0 saturated heterocycles. The summed E-state index contributed by atoms with van der Waals surface area (Å²) in [5.41, 5.74) is 5.55. The molecule has 5 heteroatoms. The number of benzene rings is 1. The average Bonchev–Trinajstić information content (AvgIpc) is 2.24. The third-order valence-corrected chi connectivity index (χ3v) is 2.66. The second kappa shape index (κ2) is 4.72. The first-order chi connectivity index (χ1) is 7.65. The standard InChI is InChI=1S/C11H8BrClN2O/c12-7-4-5-8(13)9(6-7)16-11-3-1-2-10(14)15-11/h1-6H,(H2,14,15). The Labute approximate surface area is 106 Å². The van der Waals surface area contributed by atoms with Crippen LogP contribution in [0.15, 0.2) is 40.9 Å². The lowest BCUT2D eigenvalue weighted by Gasteiger charge is -2.07. The van der Waals surface area contributed by atoms with E-state index in [2.05, 4.69) is 20.9 Å². The SMILES string of the molecule is Nc1cccc(Oc2cc(Br)ccc2Cl)n1. The van der Waals surface area contributed by atoms with Crippen LogP contribution in [-0.4, -0.2) is 4.98 Å². The van der Waals surface area contributed by atoms with Gasteiger partial charge in [-0.2, -0.15) is 4.98 Å². The molecule has 0 fully saturated rings. The summed E-state index contributed by atoms with van der Waals surface area (Å²) in [4.78, 5) is 4.02. The van der Waals surface area contributed by atoms with Crippen LogP contribution in [0.1, 0.15) is 0 Å². The summed E-state index contributed by atoms with van der Waals surface area (Å²) in [5.74, 6) is 1.36. The molecule has 2 rings (SSSR count). The predicted octanol–water partition coefficient (Wildman–Crippen LogP) is 3.87. The first-order valence-corrected chi connectivity index (χ1v) is 5.68. The van der Waals surface area contributed by atoms with E-state index in [-0.39, 0.29) is 0 Å². The Bertz CT molecular complexity index is 519. The molecule has 0 radical (unpaired) electrons. The van der Waals surface area contributed by atoms with Crippen LogP contribution < -0.4 is 10.5 Å². The number of nitrogen functional groups attached to an aromatic ring is 1. The van der Waals surface area contributed by atoms with Gasteiger partial charge in [-0.1, -0.05) is 33.6 Å². The van der Waals surface area contributed by atoms with Gasteiger partial charge in [-0.05, 0) is 24.3 Å². The number of ether oxygens (including phenoxy) is 1. The Balaban J connectivity index is 2.30. The monoisotopic (exact) mass is 298 g/mol. The van der Waals surface area contributed by atoms with Gasteiger partial charge in [0.25, 0.3) is 0 Å². The highest BCUT2D eigenvalue weighted by atomic mass is 79.9. The Morgan fingerprint density at radius 2 is 2.06 bits per heavy atom. The fourth-order valence-electron chi connectivity index (χ4n) is 1.16. The van der Waals surface area contributed by atoms with Crippen molar-refractivity contribution in [3.63, 3.8) is 0 Å². The van der Waals surface area contributed by atoms with Crippen molar-refractivity contribution >= 4 is 33.3 Å². The summed E-state index contributed by atoms with van der Waals surface area (Å²) < 4.78 is 6.40. The van der Waals surface area contributed by atoms with Crippen molar-refractivity contribution in [2.45, 2.75) is 0 Å².